The fraction of sp³-hybridized carbons (Fsp3) is 0.917. The van der Waals surface area contributed by atoms with Gasteiger partial charge in [-0.25, -0.2) is 0 Å². The molecule has 2 unspecified atom stereocenters. The summed E-state index contributed by atoms with van der Waals surface area (Å²) < 4.78 is 5.03. The van der Waals surface area contributed by atoms with Crippen LogP contribution in [0.2, 0.25) is 0 Å². The molecule has 1 aliphatic carbocycles. The third kappa shape index (κ3) is 3.19. The molecule has 16 heavy (non-hydrogen) atoms. The first kappa shape index (κ1) is 13.5. The first-order chi connectivity index (χ1) is 7.48. The second-order valence-electron chi connectivity index (χ2n) is 5.08. The predicted octanol–water partition coefficient (Wildman–Crippen LogP) is 1.08. The summed E-state index contributed by atoms with van der Waals surface area (Å²) in [5.74, 6) is -0.203. The van der Waals surface area contributed by atoms with E-state index >= 15 is 0 Å². The van der Waals surface area contributed by atoms with E-state index in [4.69, 9.17) is 4.74 Å². The summed E-state index contributed by atoms with van der Waals surface area (Å²) in [6.45, 7) is 6.81. The lowest BCUT2D eigenvalue weighted by Crippen LogP contribution is -2.60. The van der Waals surface area contributed by atoms with Crippen molar-refractivity contribution >= 4 is 5.97 Å². The topological polar surface area (TPSA) is 58.6 Å². The second kappa shape index (κ2) is 5.64. The van der Waals surface area contributed by atoms with E-state index in [1.807, 2.05) is 13.8 Å². The molecule has 0 spiro atoms. The van der Waals surface area contributed by atoms with Gasteiger partial charge >= 0.3 is 5.97 Å². The number of carbonyl (C=O) groups excluding carboxylic acids is 1. The number of carbonyl (C=O) groups is 1. The van der Waals surface area contributed by atoms with Crippen molar-refractivity contribution in [1.82, 2.24) is 5.32 Å². The van der Waals surface area contributed by atoms with E-state index in [2.05, 4.69) is 12.2 Å². The highest BCUT2D eigenvalue weighted by atomic mass is 16.5. The van der Waals surface area contributed by atoms with Crippen LogP contribution in [0.15, 0.2) is 0 Å². The van der Waals surface area contributed by atoms with E-state index in [0.29, 0.717) is 6.61 Å². The molecule has 0 heterocycles. The van der Waals surface area contributed by atoms with E-state index in [0.717, 1.165) is 19.3 Å². The lowest BCUT2D eigenvalue weighted by Gasteiger charge is -2.49. The van der Waals surface area contributed by atoms with Gasteiger partial charge in [-0.05, 0) is 12.8 Å². The van der Waals surface area contributed by atoms with Gasteiger partial charge < -0.3 is 15.2 Å². The van der Waals surface area contributed by atoms with Crippen molar-refractivity contribution in [2.24, 2.45) is 5.41 Å². The standard InChI is InChI=1S/C12H23NO3/c1-4-5-6-16-11(15)8-13-9-7-10(14)12(9,2)3/h9-10,13-14H,4-8H2,1-3H3. The van der Waals surface area contributed by atoms with E-state index < -0.39 is 0 Å². The lowest BCUT2D eigenvalue weighted by molar-refractivity contribution is -0.144. The van der Waals surface area contributed by atoms with Gasteiger partial charge in [0, 0.05) is 11.5 Å². The quantitative estimate of drug-likeness (QED) is 0.528. The maximum Gasteiger partial charge on any atom is 0.319 e. The summed E-state index contributed by atoms with van der Waals surface area (Å²) in [6.07, 6.45) is 2.40. The average Bonchev–Trinajstić information content (AvgIpc) is 2.24. The molecule has 0 aromatic carbocycles. The minimum atomic E-state index is -0.263. The smallest absolute Gasteiger partial charge is 0.319 e. The Morgan fingerprint density at radius 2 is 2.25 bits per heavy atom. The van der Waals surface area contributed by atoms with E-state index in [1.165, 1.54) is 0 Å². The molecule has 0 aromatic rings. The Bertz CT molecular complexity index is 240. The van der Waals surface area contributed by atoms with Crippen molar-refractivity contribution in [2.45, 2.75) is 52.2 Å². The molecular formula is C12H23NO3. The van der Waals surface area contributed by atoms with E-state index in [9.17, 15) is 9.90 Å². The number of hydrogen-bond donors (Lipinski definition) is 2. The highest BCUT2D eigenvalue weighted by Gasteiger charge is 2.46. The number of aliphatic hydroxyl groups is 1. The van der Waals surface area contributed by atoms with Crippen LogP contribution in [-0.2, 0) is 9.53 Å². The first-order valence-corrected chi connectivity index (χ1v) is 6.05. The average molecular weight is 229 g/mol. The minimum Gasteiger partial charge on any atom is -0.465 e. The van der Waals surface area contributed by atoms with Crippen LogP contribution in [0.5, 0.6) is 0 Å². The van der Waals surface area contributed by atoms with Gasteiger partial charge in [0.15, 0.2) is 0 Å². The van der Waals surface area contributed by atoms with Crippen LogP contribution in [0.4, 0.5) is 0 Å². The van der Waals surface area contributed by atoms with Gasteiger partial charge in [-0.15, -0.1) is 0 Å². The van der Waals surface area contributed by atoms with Crippen LogP contribution >= 0.6 is 0 Å². The van der Waals surface area contributed by atoms with Crippen LogP contribution in [0.25, 0.3) is 0 Å². The fourth-order valence-corrected chi connectivity index (χ4v) is 1.84. The Morgan fingerprint density at radius 1 is 1.56 bits per heavy atom. The van der Waals surface area contributed by atoms with Gasteiger partial charge in [0.05, 0.1) is 19.3 Å². The van der Waals surface area contributed by atoms with E-state index in [-0.39, 0.29) is 30.1 Å². The highest BCUT2D eigenvalue weighted by Crippen LogP contribution is 2.40. The van der Waals surface area contributed by atoms with Crippen molar-refractivity contribution in [1.29, 1.82) is 0 Å². The summed E-state index contributed by atoms with van der Waals surface area (Å²) in [7, 11) is 0. The normalized spacial score (nSPS) is 27.2. The number of aliphatic hydroxyl groups excluding tert-OH is 1. The van der Waals surface area contributed by atoms with Crippen LogP contribution in [0.1, 0.15) is 40.0 Å². The monoisotopic (exact) mass is 229 g/mol. The summed E-state index contributed by atoms with van der Waals surface area (Å²) in [4.78, 5) is 11.3. The van der Waals surface area contributed by atoms with Crippen LogP contribution in [0.3, 0.4) is 0 Å². The maximum absolute atomic E-state index is 11.3. The zero-order chi connectivity index (χ0) is 12.2. The first-order valence-electron chi connectivity index (χ1n) is 6.05. The molecule has 0 amide bonds. The van der Waals surface area contributed by atoms with Gasteiger partial charge in [-0.1, -0.05) is 27.2 Å². The largest absolute Gasteiger partial charge is 0.465 e. The number of rotatable bonds is 6. The Hall–Kier alpha value is -0.610. The summed E-state index contributed by atoms with van der Waals surface area (Å²) >= 11 is 0. The molecule has 0 bridgehead atoms. The molecule has 94 valence electrons. The van der Waals surface area contributed by atoms with E-state index in [1.54, 1.807) is 0 Å². The molecule has 2 atom stereocenters. The maximum atomic E-state index is 11.3. The Kier molecular flexibility index (Phi) is 4.74. The Morgan fingerprint density at radius 3 is 2.75 bits per heavy atom. The van der Waals surface area contributed by atoms with Crippen molar-refractivity contribution in [2.75, 3.05) is 13.2 Å². The lowest BCUT2D eigenvalue weighted by atomic mass is 9.64. The molecule has 4 nitrogen and oxygen atoms in total. The second-order valence-corrected chi connectivity index (χ2v) is 5.08. The molecule has 0 radical (unpaired) electrons. The molecular weight excluding hydrogens is 206 g/mol. The van der Waals surface area contributed by atoms with Crippen molar-refractivity contribution in [3.8, 4) is 0 Å². The zero-order valence-electron chi connectivity index (χ0n) is 10.5. The fourth-order valence-electron chi connectivity index (χ4n) is 1.84. The summed E-state index contributed by atoms with van der Waals surface area (Å²) in [5, 5.41) is 12.7. The van der Waals surface area contributed by atoms with Crippen LogP contribution in [-0.4, -0.2) is 36.4 Å². The molecule has 1 rings (SSSR count). The molecule has 1 saturated carbocycles. The molecule has 2 N–H and O–H groups in total. The zero-order valence-corrected chi connectivity index (χ0v) is 10.5. The van der Waals surface area contributed by atoms with Gasteiger partial charge in [0.2, 0.25) is 0 Å². The SMILES string of the molecule is CCCCOC(=O)CNC1CC(O)C1(C)C. The number of hydrogen-bond acceptors (Lipinski definition) is 4. The highest BCUT2D eigenvalue weighted by molar-refractivity contribution is 5.71. The Labute approximate surface area is 97.4 Å². The number of ether oxygens (including phenoxy) is 1. The summed E-state index contributed by atoms with van der Waals surface area (Å²) in [6, 6.07) is 0.209. The number of nitrogens with one attached hydrogen (secondary N) is 1. The van der Waals surface area contributed by atoms with Crippen LogP contribution < -0.4 is 5.32 Å². The molecule has 0 aromatic heterocycles. The number of esters is 1. The Balaban J connectivity index is 2.13. The van der Waals surface area contributed by atoms with Crippen molar-refractivity contribution < 1.29 is 14.6 Å². The van der Waals surface area contributed by atoms with Gasteiger partial charge in [-0.2, -0.15) is 0 Å². The summed E-state index contributed by atoms with van der Waals surface area (Å²) in [5.41, 5.74) is -0.135. The molecule has 1 aliphatic rings. The van der Waals surface area contributed by atoms with Gasteiger partial charge in [0.25, 0.3) is 0 Å². The van der Waals surface area contributed by atoms with Crippen LogP contribution in [0, 0.1) is 5.41 Å². The van der Waals surface area contributed by atoms with Crippen molar-refractivity contribution in [3.05, 3.63) is 0 Å². The third-order valence-electron chi connectivity index (χ3n) is 3.47. The van der Waals surface area contributed by atoms with Gasteiger partial charge in [0.1, 0.15) is 0 Å². The molecule has 1 fully saturated rings. The molecule has 4 heteroatoms. The third-order valence-corrected chi connectivity index (χ3v) is 3.47. The predicted molar refractivity (Wildman–Crippen MR) is 62.1 cm³/mol. The molecule has 0 saturated heterocycles. The van der Waals surface area contributed by atoms with Gasteiger partial charge in [-0.3, -0.25) is 4.79 Å². The van der Waals surface area contributed by atoms with Crippen molar-refractivity contribution in [3.63, 3.8) is 0 Å². The minimum absolute atomic E-state index is 0.135. The molecule has 0 aliphatic heterocycles. The number of unbranched alkanes of at least 4 members (excludes halogenated alkanes) is 1.